The first-order chi connectivity index (χ1) is 9.85. The van der Waals surface area contributed by atoms with Crippen LogP contribution < -0.4 is 5.32 Å². The topological polar surface area (TPSA) is 92.4 Å². The fourth-order valence-corrected chi connectivity index (χ4v) is 4.10. The average Bonchev–Trinajstić information content (AvgIpc) is 2.97. The Balaban J connectivity index is 2.03. The van der Waals surface area contributed by atoms with Crippen LogP contribution in [0.1, 0.15) is 42.7 Å². The molecule has 0 bridgehead atoms. The predicted molar refractivity (Wildman–Crippen MR) is 79.5 cm³/mol. The second-order valence-electron chi connectivity index (χ2n) is 5.58. The highest BCUT2D eigenvalue weighted by molar-refractivity contribution is 7.99. The van der Waals surface area contributed by atoms with Gasteiger partial charge in [0.2, 0.25) is 5.91 Å². The van der Waals surface area contributed by atoms with E-state index in [0.29, 0.717) is 17.9 Å². The lowest BCUT2D eigenvalue weighted by Crippen LogP contribution is -2.54. The van der Waals surface area contributed by atoms with Crippen molar-refractivity contribution < 1.29 is 19.2 Å². The van der Waals surface area contributed by atoms with Crippen molar-refractivity contribution in [3.63, 3.8) is 0 Å². The van der Waals surface area contributed by atoms with Crippen molar-refractivity contribution in [3.8, 4) is 0 Å². The highest BCUT2D eigenvalue weighted by Crippen LogP contribution is 2.30. The zero-order chi connectivity index (χ0) is 15.6. The van der Waals surface area contributed by atoms with Crippen molar-refractivity contribution in [2.75, 3.05) is 11.5 Å². The molecule has 1 fully saturated rings. The summed E-state index contributed by atoms with van der Waals surface area (Å²) in [7, 11) is 0. The highest BCUT2D eigenvalue weighted by atomic mass is 32.2. The molecule has 1 aliphatic heterocycles. The number of amides is 1. The monoisotopic (exact) mass is 312 g/mol. The van der Waals surface area contributed by atoms with E-state index < -0.39 is 11.5 Å². The van der Waals surface area contributed by atoms with Gasteiger partial charge in [-0.05, 0) is 31.9 Å². The molecule has 1 aromatic rings. The van der Waals surface area contributed by atoms with Crippen LogP contribution in [0, 0.1) is 13.8 Å². The molecule has 2 atom stereocenters. The molecule has 1 aliphatic rings. The van der Waals surface area contributed by atoms with Crippen LogP contribution in [0.15, 0.2) is 4.52 Å². The van der Waals surface area contributed by atoms with Gasteiger partial charge in [0.05, 0.1) is 5.69 Å². The number of aromatic nitrogens is 1. The number of carbonyl (C=O) groups is 2. The first-order valence-corrected chi connectivity index (χ1v) is 8.06. The van der Waals surface area contributed by atoms with Gasteiger partial charge in [-0.3, -0.25) is 4.79 Å². The normalized spacial score (nSPS) is 23.0. The third-order valence-corrected chi connectivity index (χ3v) is 5.07. The van der Waals surface area contributed by atoms with E-state index in [0.717, 1.165) is 17.0 Å². The van der Waals surface area contributed by atoms with Crippen molar-refractivity contribution >= 4 is 23.6 Å². The van der Waals surface area contributed by atoms with E-state index in [1.54, 1.807) is 11.8 Å². The van der Waals surface area contributed by atoms with Gasteiger partial charge in [-0.2, -0.15) is 11.8 Å². The van der Waals surface area contributed by atoms with E-state index >= 15 is 0 Å². The number of carbonyl (C=O) groups excluding carboxylic acids is 1. The number of aliphatic carboxylic acids is 1. The average molecular weight is 312 g/mol. The fraction of sp³-hybridized carbons (Fsp3) is 0.643. The maximum atomic E-state index is 12.2. The van der Waals surface area contributed by atoms with Crippen LogP contribution in [0.3, 0.4) is 0 Å². The van der Waals surface area contributed by atoms with Crippen molar-refractivity contribution in [2.24, 2.45) is 0 Å². The second-order valence-corrected chi connectivity index (χ2v) is 6.69. The number of carboxylic acids is 1. The molecule has 6 nitrogen and oxygen atoms in total. The summed E-state index contributed by atoms with van der Waals surface area (Å²) in [4.78, 5) is 23.6. The molecule has 0 spiro atoms. The van der Waals surface area contributed by atoms with Crippen molar-refractivity contribution in [1.82, 2.24) is 10.5 Å². The quantitative estimate of drug-likeness (QED) is 0.862. The lowest BCUT2D eigenvalue weighted by atomic mass is 9.94. The van der Waals surface area contributed by atoms with Gasteiger partial charge < -0.3 is 14.9 Å². The summed E-state index contributed by atoms with van der Waals surface area (Å²) >= 11 is 1.55. The molecular formula is C14H20N2O4S. The molecule has 21 heavy (non-hydrogen) atoms. The summed E-state index contributed by atoms with van der Waals surface area (Å²) in [5, 5.41) is 16.0. The van der Waals surface area contributed by atoms with Gasteiger partial charge in [0.25, 0.3) is 0 Å². The number of carboxylic acid groups (broad SMARTS) is 1. The van der Waals surface area contributed by atoms with Crippen molar-refractivity contribution in [3.05, 3.63) is 17.0 Å². The molecule has 116 valence electrons. The lowest BCUT2D eigenvalue weighted by molar-refractivity contribution is -0.146. The van der Waals surface area contributed by atoms with Gasteiger partial charge in [-0.1, -0.05) is 12.1 Å². The molecule has 2 heterocycles. The Labute approximate surface area is 127 Å². The van der Waals surface area contributed by atoms with E-state index in [4.69, 9.17) is 4.52 Å². The van der Waals surface area contributed by atoms with E-state index in [1.807, 2.05) is 20.8 Å². The van der Waals surface area contributed by atoms with Gasteiger partial charge in [-0.25, -0.2) is 4.79 Å². The molecule has 1 aromatic heterocycles. The minimum atomic E-state index is -1.11. The molecule has 1 amide bonds. The smallest absolute Gasteiger partial charge is 0.330 e. The SMILES string of the molecule is Cc1noc(C)c1C(C)CC(=O)NC1(C(=O)O)CCSC1. The summed E-state index contributed by atoms with van der Waals surface area (Å²) < 4.78 is 5.11. The lowest BCUT2D eigenvalue weighted by Gasteiger charge is -2.25. The Morgan fingerprint density at radius 3 is 2.71 bits per heavy atom. The molecule has 0 radical (unpaired) electrons. The zero-order valence-corrected chi connectivity index (χ0v) is 13.2. The molecule has 0 aromatic carbocycles. The van der Waals surface area contributed by atoms with Crippen LogP contribution in [0.4, 0.5) is 0 Å². The molecule has 1 saturated heterocycles. The number of nitrogens with one attached hydrogen (secondary N) is 1. The maximum absolute atomic E-state index is 12.2. The number of thioether (sulfide) groups is 1. The molecular weight excluding hydrogens is 292 g/mol. The molecule has 7 heteroatoms. The number of rotatable bonds is 5. The van der Waals surface area contributed by atoms with Gasteiger partial charge in [0.15, 0.2) is 0 Å². The van der Waals surface area contributed by atoms with Gasteiger partial charge in [-0.15, -0.1) is 0 Å². The van der Waals surface area contributed by atoms with E-state index in [-0.39, 0.29) is 18.2 Å². The third kappa shape index (κ3) is 3.23. The highest BCUT2D eigenvalue weighted by Gasteiger charge is 2.43. The Morgan fingerprint density at radius 1 is 1.52 bits per heavy atom. The van der Waals surface area contributed by atoms with Crippen molar-refractivity contribution in [1.29, 1.82) is 0 Å². The van der Waals surface area contributed by atoms with Gasteiger partial charge in [0.1, 0.15) is 11.3 Å². The van der Waals surface area contributed by atoms with Crippen LogP contribution in [0.25, 0.3) is 0 Å². The number of hydrogen-bond acceptors (Lipinski definition) is 5. The minimum absolute atomic E-state index is 0.0591. The summed E-state index contributed by atoms with van der Waals surface area (Å²) in [6.45, 7) is 5.58. The zero-order valence-electron chi connectivity index (χ0n) is 12.4. The standard InChI is InChI=1S/C14H20N2O4S/c1-8(12-9(2)16-20-10(12)3)6-11(17)15-14(13(18)19)4-5-21-7-14/h8H,4-7H2,1-3H3,(H,15,17)(H,18,19). The Kier molecular flexibility index (Phi) is 4.61. The van der Waals surface area contributed by atoms with Gasteiger partial charge >= 0.3 is 5.97 Å². The molecule has 2 N–H and O–H groups in total. The predicted octanol–water partition coefficient (Wildman–Crippen LogP) is 1.86. The maximum Gasteiger partial charge on any atom is 0.330 e. The third-order valence-electron chi connectivity index (χ3n) is 3.88. The van der Waals surface area contributed by atoms with E-state index in [2.05, 4.69) is 10.5 Å². The van der Waals surface area contributed by atoms with Gasteiger partial charge in [0, 0.05) is 17.7 Å². The summed E-state index contributed by atoms with van der Waals surface area (Å²) in [6, 6.07) is 0. The summed E-state index contributed by atoms with van der Waals surface area (Å²) in [5.74, 6) is 0.631. The largest absolute Gasteiger partial charge is 0.479 e. The molecule has 2 rings (SSSR count). The summed E-state index contributed by atoms with van der Waals surface area (Å²) in [6.07, 6.45) is 0.695. The number of aryl methyl sites for hydroxylation is 2. The Morgan fingerprint density at radius 2 is 2.24 bits per heavy atom. The number of hydrogen-bond donors (Lipinski definition) is 2. The minimum Gasteiger partial charge on any atom is -0.479 e. The van der Waals surface area contributed by atoms with Crippen LogP contribution in [-0.2, 0) is 9.59 Å². The second kappa shape index (κ2) is 6.09. The molecule has 2 unspecified atom stereocenters. The van der Waals surface area contributed by atoms with E-state index in [9.17, 15) is 14.7 Å². The number of nitrogens with zero attached hydrogens (tertiary/aromatic N) is 1. The van der Waals surface area contributed by atoms with Crippen molar-refractivity contribution in [2.45, 2.75) is 45.1 Å². The van der Waals surface area contributed by atoms with E-state index in [1.165, 1.54) is 0 Å². The summed E-state index contributed by atoms with van der Waals surface area (Å²) in [5.41, 5.74) is 0.590. The molecule has 0 aliphatic carbocycles. The fourth-order valence-electron chi connectivity index (χ4n) is 2.78. The van der Waals surface area contributed by atoms with Crippen LogP contribution in [0.5, 0.6) is 0 Å². The first kappa shape index (κ1) is 15.9. The molecule has 0 saturated carbocycles. The Hall–Kier alpha value is -1.50. The van der Waals surface area contributed by atoms with Crippen LogP contribution in [0.2, 0.25) is 0 Å². The van der Waals surface area contributed by atoms with Crippen LogP contribution >= 0.6 is 11.8 Å². The van der Waals surface area contributed by atoms with Crippen LogP contribution in [-0.4, -0.2) is 39.2 Å². The Bertz CT molecular complexity index is 530. The first-order valence-electron chi connectivity index (χ1n) is 6.90.